The minimum atomic E-state index is -0.921. The molecule has 0 spiro atoms. The first-order chi connectivity index (χ1) is 6.09. The van der Waals surface area contributed by atoms with E-state index in [-0.39, 0.29) is 0 Å². The van der Waals surface area contributed by atoms with Gasteiger partial charge in [-0.2, -0.15) is 0 Å². The molecule has 3 heteroatoms. The molecule has 0 aliphatic rings. The van der Waals surface area contributed by atoms with Crippen LogP contribution in [0.25, 0.3) is 6.08 Å². The molecule has 0 heterocycles. The number of hydrogen-bond acceptors (Lipinski definition) is 1. The van der Waals surface area contributed by atoms with Gasteiger partial charge in [-0.1, -0.05) is 12.1 Å². The Morgan fingerprint density at radius 2 is 2.23 bits per heavy atom. The van der Waals surface area contributed by atoms with Crippen LogP contribution in [0.5, 0.6) is 0 Å². The van der Waals surface area contributed by atoms with Crippen molar-refractivity contribution >= 4 is 34.6 Å². The van der Waals surface area contributed by atoms with Crippen molar-refractivity contribution in [1.29, 1.82) is 0 Å². The number of carboxylic acid groups (broad SMARTS) is 1. The summed E-state index contributed by atoms with van der Waals surface area (Å²) in [7, 11) is 0. The second-order valence-electron chi connectivity index (χ2n) is 2.68. The predicted octanol–water partition coefficient (Wildman–Crippen LogP) is 2.70. The van der Waals surface area contributed by atoms with Crippen LogP contribution in [0.3, 0.4) is 0 Å². The molecule has 0 saturated carbocycles. The molecule has 68 valence electrons. The van der Waals surface area contributed by atoms with Crippen LogP contribution in [0, 0.1) is 10.5 Å². The van der Waals surface area contributed by atoms with Crippen LogP contribution in [0.4, 0.5) is 0 Å². The molecule has 1 aromatic carbocycles. The van der Waals surface area contributed by atoms with E-state index in [0.717, 1.165) is 15.2 Å². The average Bonchev–Trinajstić information content (AvgIpc) is 2.07. The van der Waals surface area contributed by atoms with Gasteiger partial charge in [0.25, 0.3) is 0 Å². The fraction of sp³-hybridized carbons (Fsp3) is 0.100. The van der Waals surface area contributed by atoms with Crippen LogP contribution in [-0.4, -0.2) is 11.1 Å². The highest BCUT2D eigenvalue weighted by Crippen LogP contribution is 2.14. The topological polar surface area (TPSA) is 37.3 Å². The summed E-state index contributed by atoms with van der Waals surface area (Å²) in [4.78, 5) is 10.2. The molecule has 2 nitrogen and oxygen atoms in total. The molecule has 0 aliphatic carbocycles. The molecule has 0 bridgehead atoms. The fourth-order valence-electron chi connectivity index (χ4n) is 0.880. The Labute approximate surface area is 90.4 Å². The Morgan fingerprint density at radius 3 is 2.77 bits per heavy atom. The number of aliphatic carboxylic acids is 1. The van der Waals surface area contributed by atoms with E-state index in [0.29, 0.717) is 0 Å². The van der Waals surface area contributed by atoms with Crippen LogP contribution in [0.2, 0.25) is 0 Å². The third kappa shape index (κ3) is 3.18. The zero-order valence-corrected chi connectivity index (χ0v) is 9.28. The maximum absolute atomic E-state index is 10.2. The first-order valence-corrected chi connectivity index (χ1v) is 4.84. The van der Waals surface area contributed by atoms with Crippen molar-refractivity contribution in [3.05, 3.63) is 39.0 Å². The molecular weight excluding hydrogens is 279 g/mol. The van der Waals surface area contributed by atoms with Crippen LogP contribution >= 0.6 is 22.6 Å². The summed E-state index contributed by atoms with van der Waals surface area (Å²) in [5.74, 6) is -0.921. The van der Waals surface area contributed by atoms with Gasteiger partial charge in [-0.3, -0.25) is 0 Å². The lowest BCUT2D eigenvalue weighted by Crippen LogP contribution is -1.86. The molecule has 1 rings (SSSR count). The molecular formula is C10H9IO2. The Kier molecular flexibility index (Phi) is 3.48. The lowest BCUT2D eigenvalue weighted by Gasteiger charge is -1.98. The summed E-state index contributed by atoms with van der Waals surface area (Å²) < 4.78 is 1.14. The van der Waals surface area contributed by atoms with Gasteiger partial charge in [0.2, 0.25) is 0 Å². The van der Waals surface area contributed by atoms with Crippen molar-refractivity contribution in [2.75, 3.05) is 0 Å². The van der Waals surface area contributed by atoms with E-state index in [2.05, 4.69) is 22.6 Å². The molecule has 0 unspecified atom stereocenters. The fourth-order valence-corrected chi connectivity index (χ4v) is 1.42. The summed E-state index contributed by atoms with van der Waals surface area (Å²) >= 11 is 2.23. The van der Waals surface area contributed by atoms with Gasteiger partial charge in [-0.05, 0) is 52.8 Å². The van der Waals surface area contributed by atoms with Crippen LogP contribution in [0.1, 0.15) is 11.1 Å². The van der Waals surface area contributed by atoms with Gasteiger partial charge in [-0.25, -0.2) is 4.79 Å². The van der Waals surface area contributed by atoms with Crippen molar-refractivity contribution in [3.63, 3.8) is 0 Å². The zero-order chi connectivity index (χ0) is 9.84. The van der Waals surface area contributed by atoms with Crippen molar-refractivity contribution in [2.45, 2.75) is 6.92 Å². The molecule has 0 fully saturated rings. The third-order valence-electron chi connectivity index (χ3n) is 1.61. The monoisotopic (exact) mass is 288 g/mol. The van der Waals surface area contributed by atoms with E-state index in [1.807, 2.05) is 25.1 Å². The van der Waals surface area contributed by atoms with Crippen molar-refractivity contribution < 1.29 is 9.90 Å². The number of rotatable bonds is 2. The Morgan fingerprint density at radius 1 is 1.54 bits per heavy atom. The highest BCUT2D eigenvalue weighted by Gasteiger charge is 1.94. The van der Waals surface area contributed by atoms with E-state index < -0.39 is 5.97 Å². The number of carboxylic acids is 1. The number of carbonyl (C=O) groups is 1. The summed E-state index contributed by atoms with van der Waals surface area (Å²) in [5.41, 5.74) is 2.12. The summed E-state index contributed by atoms with van der Waals surface area (Å²) in [6.45, 7) is 2.02. The highest BCUT2D eigenvalue weighted by molar-refractivity contribution is 14.1. The summed E-state index contributed by atoms with van der Waals surface area (Å²) in [6.07, 6.45) is 2.73. The van der Waals surface area contributed by atoms with Gasteiger partial charge < -0.3 is 5.11 Å². The van der Waals surface area contributed by atoms with Gasteiger partial charge in [0, 0.05) is 9.65 Å². The van der Waals surface area contributed by atoms with Gasteiger partial charge in [0.05, 0.1) is 0 Å². The lowest BCUT2D eigenvalue weighted by molar-refractivity contribution is -0.131. The first kappa shape index (κ1) is 10.2. The normalized spacial score (nSPS) is 10.6. The Balaban J connectivity index is 2.92. The number of benzene rings is 1. The van der Waals surface area contributed by atoms with Gasteiger partial charge >= 0.3 is 5.97 Å². The average molecular weight is 288 g/mol. The highest BCUT2D eigenvalue weighted by atomic mass is 127. The van der Waals surface area contributed by atoms with Crippen LogP contribution in [0.15, 0.2) is 24.3 Å². The molecule has 0 radical (unpaired) electrons. The maximum atomic E-state index is 10.2. The predicted molar refractivity (Wildman–Crippen MR) is 60.6 cm³/mol. The molecule has 1 aromatic rings. The van der Waals surface area contributed by atoms with E-state index in [1.165, 1.54) is 5.56 Å². The molecule has 13 heavy (non-hydrogen) atoms. The molecule has 1 N–H and O–H groups in total. The van der Waals surface area contributed by atoms with Crippen LogP contribution < -0.4 is 0 Å². The van der Waals surface area contributed by atoms with E-state index in [4.69, 9.17) is 5.11 Å². The van der Waals surface area contributed by atoms with E-state index in [9.17, 15) is 4.79 Å². The zero-order valence-electron chi connectivity index (χ0n) is 7.12. The number of aryl methyl sites for hydroxylation is 1. The molecule has 0 aromatic heterocycles. The summed E-state index contributed by atoms with van der Waals surface area (Å²) in [5, 5.41) is 8.41. The standard InChI is InChI=1S/C10H9IO2/c1-7-2-3-8(6-9(7)11)4-5-10(12)13/h2-6H,1H3,(H,12,13). The van der Waals surface area contributed by atoms with Gasteiger partial charge in [0.15, 0.2) is 0 Å². The summed E-state index contributed by atoms with van der Waals surface area (Å²) in [6, 6.07) is 5.83. The second-order valence-corrected chi connectivity index (χ2v) is 3.84. The van der Waals surface area contributed by atoms with E-state index >= 15 is 0 Å². The molecule has 0 saturated heterocycles. The Bertz CT molecular complexity index is 356. The van der Waals surface area contributed by atoms with Crippen LogP contribution in [-0.2, 0) is 4.79 Å². The molecule has 0 amide bonds. The van der Waals surface area contributed by atoms with Crippen molar-refractivity contribution in [2.24, 2.45) is 0 Å². The quantitative estimate of drug-likeness (QED) is 0.671. The minimum Gasteiger partial charge on any atom is -0.478 e. The third-order valence-corrected chi connectivity index (χ3v) is 2.78. The SMILES string of the molecule is Cc1ccc(C=CC(=O)O)cc1I. The minimum absolute atomic E-state index is 0.914. The second kappa shape index (κ2) is 4.41. The molecule has 0 aliphatic heterocycles. The van der Waals surface area contributed by atoms with E-state index in [1.54, 1.807) is 6.08 Å². The first-order valence-electron chi connectivity index (χ1n) is 3.77. The largest absolute Gasteiger partial charge is 0.478 e. The van der Waals surface area contributed by atoms with Gasteiger partial charge in [-0.15, -0.1) is 0 Å². The Hall–Kier alpha value is -0.840. The smallest absolute Gasteiger partial charge is 0.328 e. The van der Waals surface area contributed by atoms with Crippen molar-refractivity contribution in [3.8, 4) is 0 Å². The van der Waals surface area contributed by atoms with Gasteiger partial charge in [0.1, 0.15) is 0 Å². The maximum Gasteiger partial charge on any atom is 0.328 e. The lowest BCUT2D eigenvalue weighted by atomic mass is 10.1. The number of halogens is 1. The number of hydrogen-bond donors (Lipinski definition) is 1. The van der Waals surface area contributed by atoms with Crippen molar-refractivity contribution in [1.82, 2.24) is 0 Å². The molecule has 0 atom stereocenters.